The van der Waals surface area contributed by atoms with Crippen molar-refractivity contribution in [3.8, 4) is 0 Å². The number of thiophene rings is 1. The zero-order chi connectivity index (χ0) is 14.3. The molecule has 0 amide bonds. The fourth-order valence-corrected chi connectivity index (χ4v) is 3.32. The summed E-state index contributed by atoms with van der Waals surface area (Å²) in [7, 11) is 0. The van der Waals surface area contributed by atoms with Crippen molar-refractivity contribution < 1.29 is 4.39 Å². The molecule has 0 aliphatic rings. The summed E-state index contributed by atoms with van der Waals surface area (Å²) in [5.74, 6) is -0.121. The van der Waals surface area contributed by atoms with Gasteiger partial charge in [0.15, 0.2) is 0 Å². The molecule has 0 radical (unpaired) electrons. The minimum Gasteiger partial charge on any atom is -0.369 e. The van der Waals surface area contributed by atoms with Crippen molar-refractivity contribution >= 4 is 51.5 Å². The lowest BCUT2D eigenvalue weighted by Crippen LogP contribution is -2.05. The highest BCUT2D eigenvalue weighted by molar-refractivity contribution is 7.16. The average molecular weight is 330 g/mol. The van der Waals surface area contributed by atoms with Crippen molar-refractivity contribution in [2.24, 2.45) is 0 Å². The van der Waals surface area contributed by atoms with E-state index < -0.39 is 5.82 Å². The summed E-state index contributed by atoms with van der Waals surface area (Å²) in [5, 5.41) is 0.0483. The topological polar surface area (TPSA) is 43.8 Å². The van der Waals surface area contributed by atoms with E-state index in [9.17, 15) is 4.39 Å². The number of imidazole rings is 1. The molecule has 0 saturated heterocycles. The lowest BCUT2D eigenvalue weighted by Gasteiger charge is -2.05. The van der Waals surface area contributed by atoms with Crippen LogP contribution in [0.4, 0.5) is 10.3 Å². The molecule has 0 aliphatic carbocycles. The molecule has 3 rings (SSSR count). The lowest BCUT2D eigenvalue weighted by molar-refractivity contribution is 0.628. The molecule has 1 aromatic carbocycles. The van der Waals surface area contributed by atoms with Crippen molar-refractivity contribution in [2.45, 2.75) is 13.0 Å². The number of halogens is 3. The number of nitrogens with zero attached hydrogens (tertiary/aromatic N) is 2. The van der Waals surface area contributed by atoms with E-state index in [1.54, 1.807) is 4.57 Å². The first kappa shape index (κ1) is 13.7. The maximum Gasteiger partial charge on any atom is 0.201 e. The number of rotatable bonds is 3. The molecule has 0 aliphatic heterocycles. The SMILES string of the molecule is Nc1nc2cc(Cl)c(F)cc2n1CCc1ccc(Cl)s1. The standard InChI is InChI=1S/C13H10Cl2FN3S/c14-8-5-10-11(6-9(8)16)19(13(17)18-10)4-3-7-1-2-12(15)20-7/h1-2,5-6H,3-4H2,(H2,17,18). The minimum atomic E-state index is -0.473. The predicted molar refractivity (Wildman–Crippen MR) is 82.1 cm³/mol. The summed E-state index contributed by atoms with van der Waals surface area (Å²) in [6, 6.07) is 6.68. The first-order valence-corrected chi connectivity index (χ1v) is 7.47. The zero-order valence-electron chi connectivity index (χ0n) is 10.2. The number of hydrogen-bond acceptors (Lipinski definition) is 3. The molecule has 104 valence electrons. The molecule has 3 aromatic rings. The molecule has 0 bridgehead atoms. The second-order valence-corrected chi connectivity index (χ2v) is 6.54. The minimum absolute atomic E-state index is 0.0483. The van der Waals surface area contributed by atoms with Gasteiger partial charge in [0, 0.05) is 17.5 Å². The van der Waals surface area contributed by atoms with E-state index in [1.165, 1.54) is 23.5 Å². The van der Waals surface area contributed by atoms with Crippen molar-refractivity contribution in [2.75, 3.05) is 5.73 Å². The zero-order valence-corrected chi connectivity index (χ0v) is 12.6. The molecule has 2 heterocycles. The van der Waals surface area contributed by atoms with Gasteiger partial charge in [-0.25, -0.2) is 9.37 Å². The number of nitrogen functional groups attached to an aromatic ring is 1. The molecule has 0 fully saturated rings. The van der Waals surface area contributed by atoms with Crippen LogP contribution in [0.3, 0.4) is 0 Å². The molecular weight excluding hydrogens is 320 g/mol. The maximum atomic E-state index is 13.6. The van der Waals surface area contributed by atoms with E-state index >= 15 is 0 Å². The van der Waals surface area contributed by atoms with Crippen LogP contribution in [0.5, 0.6) is 0 Å². The highest BCUT2D eigenvalue weighted by Gasteiger charge is 2.12. The molecule has 0 saturated carbocycles. The number of hydrogen-bond donors (Lipinski definition) is 1. The highest BCUT2D eigenvalue weighted by Crippen LogP contribution is 2.26. The summed E-state index contributed by atoms with van der Waals surface area (Å²) in [5.41, 5.74) is 7.13. The molecule has 2 aromatic heterocycles. The van der Waals surface area contributed by atoms with Crippen molar-refractivity contribution in [3.63, 3.8) is 0 Å². The Hall–Kier alpha value is -1.30. The van der Waals surface area contributed by atoms with Crippen LogP contribution in [-0.2, 0) is 13.0 Å². The van der Waals surface area contributed by atoms with Gasteiger partial charge in [0.25, 0.3) is 0 Å². The van der Waals surface area contributed by atoms with Crippen molar-refractivity contribution in [3.05, 3.63) is 44.3 Å². The maximum absolute atomic E-state index is 13.6. The van der Waals surface area contributed by atoms with Gasteiger partial charge < -0.3 is 10.3 Å². The summed E-state index contributed by atoms with van der Waals surface area (Å²) in [6.45, 7) is 0.611. The number of nitrogens with two attached hydrogens (primary N) is 1. The highest BCUT2D eigenvalue weighted by atomic mass is 35.5. The van der Waals surface area contributed by atoms with Gasteiger partial charge >= 0.3 is 0 Å². The number of fused-ring (bicyclic) bond motifs is 1. The van der Waals surface area contributed by atoms with Crippen LogP contribution >= 0.6 is 34.5 Å². The molecule has 2 N–H and O–H groups in total. The van der Waals surface area contributed by atoms with E-state index in [2.05, 4.69) is 4.98 Å². The molecule has 0 atom stereocenters. The van der Waals surface area contributed by atoms with Crippen LogP contribution in [-0.4, -0.2) is 9.55 Å². The average Bonchev–Trinajstić information content (AvgIpc) is 2.92. The largest absolute Gasteiger partial charge is 0.369 e. The van der Waals surface area contributed by atoms with E-state index in [4.69, 9.17) is 28.9 Å². The van der Waals surface area contributed by atoms with E-state index in [0.717, 1.165) is 15.6 Å². The Kier molecular flexibility index (Phi) is 3.58. The molecule has 0 spiro atoms. The smallest absolute Gasteiger partial charge is 0.201 e. The summed E-state index contributed by atoms with van der Waals surface area (Å²) < 4.78 is 16.1. The van der Waals surface area contributed by atoms with E-state index in [0.29, 0.717) is 23.5 Å². The monoisotopic (exact) mass is 329 g/mol. The van der Waals surface area contributed by atoms with Crippen LogP contribution in [0.15, 0.2) is 24.3 Å². The Morgan fingerprint density at radius 1 is 1.30 bits per heavy atom. The van der Waals surface area contributed by atoms with Gasteiger partial charge in [0.1, 0.15) is 5.82 Å². The van der Waals surface area contributed by atoms with Crippen LogP contribution in [0, 0.1) is 5.82 Å². The summed E-state index contributed by atoms with van der Waals surface area (Å²) in [4.78, 5) is 5.34. The van der Waals surface area contributed by atoms with E-state index in [-0.39, 0.29) is 5.02 Å². The number of aromatic nitrogens is 2. The third kappa shape index (κ3) is 2.49. The van der Waals surface area contributed by atoms with E-state index in [1.807, 2.05) is 12.1 Å². The van der Waals surface area contributed by atoms with Gasteiger partial charge in [0.2, 0.25) is 5.95 Å². The quantitative estimate of drug-likeness (QED) is 0.775. The Balaban J connectivity index is 1.94. The van der Waals surface area contributed by atoms with Gasteiger partial charge in [-0.2, -0.15) is 0 Å². The van der Waals surface area contributed by atoms with Crippen LogP contribution in [0.1, 0.15) is 4.88 Å². The molecule has 20 heavy (non-hydrogen) atoms. The third-order valence-electron chi connectivity index (χ3n) is 3.03. The number of benzene rings is 1. The fraction of sp³-hybridized carbons (Fsp3) is 0.154. The first-order chi connectivity index (χ1) is 9.54. The fourth-order valence-electron chi connectivity index (χ4n) is 2.08. The molecular formula is C13H10Cl2FN3S. The normalized spacial score (nSPS) is 11.3. The Labute approximate surface area is 128 Å². The van der Waals surface area contributed by atoms with Crippen LogP contribution in [0.25, 0.3) is 11.0 Å². The summed E-state index contributed by atoms with van der Waals surface area (Å²) in [6.07, 6.45) is 0.761. The lowest BCUT2D eigenvalue weighted by atomic mass is 10.3. The molecule has 0 unspecified atom stereocenters. The Bertz CT molecular complexity index is 781. The predicted octanol–water partition coefficient (Wildman–Crippen LogP) is 4.37. The Morgan fingerprint density at radius 3 is 2.80 bits per heavy atom. The third-order valence-corrected chi connectivity index (χ3v) is 4.61. The number of anilines is 1. The second kappa shape index (κ2) is 5.24. The van der Waals surface area contributed by atoms with Crippen LogP contribution < -0.4 is 5.73 Å². The van der Waals surface area contributed by atoms with Crippen molar-refractivity contribution in [1.29, 1.82) is 0 Å². The van der Waals surface area contributed by atoms with Gasteiger partial charge in [-0.05, 0) is 24.6 Å². The second-order valence-electron chi connectivity index (χ2n) is 4.33. The number of aryl methyl sites for hydroxylation is 2. The molecule has 7 heteroatoms. The first-order valence-electron chi connectivity index (χ1n) is 5.89. The van der Waals surface area contributed by atoms with Gasteiger partial charge in [-0.15, -0.1) is 11.3 Å². The Morgan fingerprint density at radius 2 is 2.10 bits per heavy atom. The molecule has 3 nitrogen and oxygen atoms in total. The van der Waals surface area contributed by atoms with Gasteiger partial charge in [-0.3, -0.25) is 0 Å². The summed E-state index contributed by atoms with van der Waals surface area (Å²) >= 11 is 13.2. The van der Waals surface area contributed by atoms with Crippen LogP contribution in [0.2, 0.25) is 9.36 Å². The van der Waals surface area contributed by atoms with Gasteiger partial charge in [0.05, 0.1) is 20.4 Å². The van der Waals surface area contributed by atoms with Crippen molar-refractivity contribution in [1.82, 2.24) is 9.55 Å². The van der Waals surface area contributed by atoms with Gasteiger partial charge in [-0.1, -0.05) is 23.2 Å².